The SMILES string of the molecule is Cc1cccc(Oc2ncc(CO)c3ccccc23)c1F. The zero-order chi connectivity index (χ0) is 14.8. The molecule has 4 heteroatoms. The Morgan fingerprint density at radius 1 is 1.10 bits per heavy atom. The van der Waals surface area contributed by atoms with Crippen molar-refractivity contribution in [3.63, 3.8) is 0 Å². The number of halogens is 1. The number of ether oxygens (including phenoxy) is 1. The first-order chi connectivity index (χ1) is 10.2. The van der Waals surface area contributed by atoms with Crippen LogP contribution in [-0.2, 0) is 6.61 Å². The van der Waals surface area contributed by atoms with E-state index in [1.165, 1.54) is 0 Å². The van der Waals surface area contributed by atoms with Gasteiger partial charge in [-0.3, -0.25) is 0 Å². The van der Waals surface area contributed by atoms with Gasteiger partial charge in [-0.1, -0.05) is 30.3 Å². The van der Waals surface area contributed by atoms with Crippen molar-refractivity contribution in [1.29, 1.82) is 0 Å². The molecular formula is C17H14FNO2. The summed E-state index contributed by atoms with van der Waals surface area (Å²) >= 11 is 0. The number of benzene rings is 2. The highest BCUT2D eigenvalue weighted by Crippen LogP contribution is 2.31. The maximum atomic E-state index is 14.0. The van der Waals surface area contributed by atoms with Crippen LogP contribution in [-0.4, -0.2) is 10.1 Å². The molecule has 2 aromatic carbocycles. The minimum atomic E-state index is -0.394. The normalized spacial score (nSPS) is 10.8. The molecule has 3 rings (SSSR count). The number of aryl methyl sites for hydroxylation is 1. The van der Waals surface area contributed by atoms with Crippen LogP contribution in [0.4, 0.5) is 4.39 Å². The first-order valence-corrected chi connectivity index (χ1v) is 6.61. The molecule has 0 atom stereocenters. The topological polar surface area (TPSA) is 42.4 Å². The highest BCUT2D eigenvalue weighted by Gasteiger charge is 2.12. The number of aliphatic hydroxyl groups is 1. The molecular weight excluding hydrogens is 269 g/mol. The Morgan fingerprint density at radius 2 is 1.86 bits per heavy atom. The summed E-state index contributed by atoms with van der Waals surface area (Å²) in [6, 6.07) is 12.4. The van der Waals surface area contributed by atoms with Crippen LogP contribution >= 0.6 is 0 Å². The van der Waals surface area contributed by atoms with E-state index in [9.17, 15) is 9.50 Å². The molecule has 0 aliphatic carbocycles. The van der Waals surface area contributed by atoms with E-state index in [1.54, 1.807) is 31.3 Å². The number of aliphatic hydroxyl groups excluding tert-OH is 1. The van der Waals surface area contributed by atoms with Crippen molar-refractivity contribution < 1.29 is 14.2 Å². The Balaban J connectivity index is 2.11. The van der Waals surface area contributed by atoms with E-state index < -0.39 is 5.82 Å². The fourth-order valence-corrected chi connectivity index (χ4v) is 2.24. The predicted octanol–water partition coefficient (Wildman–Crippen LogP) is 3.97. The van der Waals surface area contributed by atoms with Crippen molar-refractivity contribution in [2.24, 2.45) is 0 Å². The maximum absolute atomic E-state index is 14.0. The third-order valence-corrected chi connectivity index (χ3v) is 3.37. The van der Waals surface area contributed by atoms with Gasteiger partial charge in [0.25, 0.3) is 0 Å². The number of rotatable bonds is 3. The number of hydrogen-bond acceptors (Lipinski definition) is 3. The van der Waals surface area contributed by atoms with Crippen LogP contribution < -0.4 is 4.74 Å². The number of fused-ring (bicyclic) bond motifs is 1. The summed E-state index contributed by atoms with van der Waals surface area (Å²) in [4.78, 5) is 4.19. The summed E-state index contributed by atoms with van der Waals surface area (Å²) < 4.78 is 19.7. The maximum Gasteiger partial charge on any atom is 0.227 e. The van der Waals surface area contributed by atoms with Crippen molar-refractivity contribution in [3.8, 4) is 11.6 Å². The lowest BCUT2D eigenvalue weighted by molar-refractivity contribution is 0.282. The average Bonchev–Trinajstić information content (AvgIpc) is 2.52. The van der Waals surface area contributed by atoms with Gasteiger partial charge in [-0.25, -0.2) is 9.37 Å². The largest absolute Gasteiger partial charge is 0.435 e. The molecule has 0 aliphatic heterocycles. The first kappa shape index (κ1) is 13.5. The van der Waals surface area contributed by atoms with Gasteiger partial charge < -0.3 is 9.84 Å². The summed E-state index contributed by atoms with van der Waals surface area (Å²) in [5.74, 6) is 0.0753. The fourth-order valence-electron chi connectivity index (χ4n) is 2.24. The van der Waals surface area contributed by atoms with E-state index in [1.807, 2.05) is 24.3 Å². The Bertz CT molecular complexity index is 802. The predicted molar refractivity (Wildman–Crippen MR) is 78.9 cm³/mol. The van der Waals surface area contributed by atoms with Gasteiger partial charge in [0.1, 0.15) is 0 Å². The summed E-state index contributed by atoms with van der Waals surface area (Å²) in [5.41, 5.74) is 1.23. The molecule has 0 amide bonds. The summed E-state index contributed by atoms with van der Waals surface area (Å²) in [5, 5.41) is 10.9. The lowest BCUT2D eigenvalue weighted by Crippen LogP contribution is -1.96. The zero-order valence-corrected chi connectivity index (χ0v) is 11.5. The number of nitrogens with zero attached hydrogens (tertiary/aromatic N) is 1. The van der Waals surface area contributed by atoms with Gasteiger partial charge in [-0.05, 0) is 30.0 Å². The summed E-state index contributed by atoms with van der Waals surface area (Å²) in [6.07, 6.45) is 1.55. The van der Waals surface area contributed by atoms with E-state index in [0.717, 1.165) is 10.8 Å². The monoisotopic (exact) mass is 283 g/mol. The van der Waals surface area contributed by atoms with Gasteiger partial charge in [-0.15, -0.1) is 0 Å². The van der Waals surface area contributed by atoms with Gasteiger partial charge >= 0.3 is 0 Å². The van der Waals surface area contributed by atoms with Crippen LogP contribution in [0.15, 0.2) is 48.7 Å². The van der Waals surface area contributed by atoms with Crippen LogP contribution in [0, 0.1) is 12.7 Å². The molecule has 0 aliphatic rings. The number of aromatic nitrogens is 1. The highest BCUT2D eigenvalue weighted by molar-refractivity contribution is 5.89. The van der Waals surface area contributed by atoms with Crippen LogP contribution in [0.25, 0.3) is 10.8 Å². The Kier molecular flexibility index (Phi) is 3.54. The second kappa shape index (κ2) is 5.50. The molecule has 0 fully saturated rings. The third kappa shape index (κ3) is 2.45. The molecule has 1 heterocycles. The molecule has 1 N–H and O–H groups in total. The summed E-state index contributed by atoms with van der Waals surface area (Å²) in [6.45, 7) is 1.58. The zero-order valence-electron chi connectivity index (χ0n) is 11.5. The van der Waals surface area contributed by atoms with Crippen molar-refractivity contribution in [2.45, 2.75) is 13.5 Å². The van der Waals surface area contributed by atoms with E-state index in [0.29, 0.717) is 17.0 Å². The van der Waals surface area contributed by atoms with Gasteiger partial charge in [0, 0.05) is 17.1 Å². The molecule has 3 aromatic rings. The van der Waals surface area contributed by atoms with E-state index in [-0.39, 0.29) is 12.4 Å². The van der Waals surface area contributed by atoms with Crippen LogP contribution in [0.5, 0.6) is 11.6 Å². The van der Waals surface area contributed by atoms with E-state index >= 15 is 0 Å². The summed E-state index contributed by atoms with van der Waals surface area (Å²) in [7, 11) is 0. The molecule has 106 valence electrons. The van der Waals surface area contributed by atoms with Gasteiger partial charge in [-0.2, -0.15) is 0 Å². The fraction of sp³-hybridized carbons (Fsp3) is 0.118. The second-order valence-corrected chi connectivity index (χ2v) is 4.78. The van der Waals surface area contributed by atoms with Gasteiger partial charge in [0.2, 0.25) is 5.88 Å². The third-order valence-electron chi connectivity index (χ3n) is 3.37. The second-order valence-electron chi connectivity index (χ2n) is 4.78. The van der Waals surface area contributed by atoms with Crippen molar-refractivity contribution in [1.82, 2.24) is 4.98 Å². The molecule has 0 radical (unpaired) electrons. The average molecular weight is 283 g/mol. The van der Waals surface area contributed by atoms with Gasteiger partial charge in [0.05, 0.1) is 6.61 Å². The smallest absolute Gasteiger partial charge is 0.227 e. The standard InChI is InChI=1S/C17H14FNO2/c1-11-5-4-8-15(16(11)18)21-17-14-7-3-2-6-13(14)12(10-20)9-19-17/h2-9,20H,10H2,1H3. The molecule has 0 spiro atoms. The lowest BCUT2D eigenvalue weighted by atomic mass is 10.1. The molecule has 3 nitrogen and oxygen atoms in total. The molecule has 21 heavy (non-hydrogen) atoms. The van der Waals surface area contributed by atoms with Gasteiger partial charge in [0.15, 0.2) is 11.6 Å². The Hall–Kier alpha value is -2.46. The quantitative estimate of drug-likeness (QED) is 0.791. The molecule has 0 unspecified atom stereocenters. The Labute approximate surface area is 121 Å². The molecule has 0 saturated heterocycles. The van der Waals surface area contributed by atoms with Crippen LogP contribution in [0.2, 0.25) is 0 Å². The lowest BCUT2D eigenvalue weighted by Gasteiger charge is -2.11. The molecule has 1 aromatic heterocycles. The highest BCUT2D eigenvalue weighted by atomic mass is 19.1. The molecule has 0 saturated carbocycles. The first-order valence-electron chi connectivity index (χ1n) is 6.61. The molecule has 0 bridgehead atoms. The minimum absolute atomic E-state index is 0.105. The number of pyridine rings is 1. The van der Waals surface area contributed by atoms with E-state index in [4.69, 9.17) is 4.74 Å². The van der Waals surface area contributed by atoms with Crippen LogP contribution in [0.1, 0.15) is 11.1 Å². The minimum Gasteiger partial charge on any atom is -0.435 e. The Morgan fingerprint density at radius 3 is 2.62 bits per heavy atom. The van der Waals surface area contributed by atoms with Crippen molar-refractivity contribution in [2.75, 3.05) is 0 Å². The van der Waals surface area contributed by atoms with Crippen molar-refractivity contribution in [3.05, 3.63) is 65.6 Å². The van der Waals surface area contributed by atoms with Crippen molar-refractivity contribution >= 4 is 10.8 Å². The van der Waals surface area contributed by atoms with Crippen LogP contribution in [0.3, 0.4) is 0 Å². The van der Waals surface area contributed by atoms with E-state index in [2.05, 4.69) is 4.98 Å². The number of hydrogen-bond donors (Lipinski definition) is 1.